The van der Waals surface area contributed by atoms with Crippen LogP contribution in [0.3, 0.4) is 0 Å². The van der Waals surface area contributed by atoms with Crippen molar-refractivity contribution in [2.45, 2.75) is 38.9 Å². The van der Waals surface area contributed by atoms with Crippen LogP contribution in [0, 0.1) is 11.8 Å². The third kappa shape index (κ3) is 5.04. The molecule has 0 amide bonds. The molecule has 28 heavy (non-hydrogen) atoms. The van der Waals surface area contributed by atoms with Crippen molar-refractivity contribution < 1.29 is 19.4 Å². The third-order valence-electron chi connectivity index (χ3n) is 6.33. The molecule has 4 atom stereocenters. The molecule has 1 saturated carbocycles. The number of methoxy groups -OCH3 is 1. The van der Waals surface area contributed by atoms with Gasteiger partial charge < -0.3 is 24.4 Å². The minimum atomic E-state index is -0.467. The molecule has 0 unspecified atom stereocenters. The maximum absolute atomic E-state index is 11.7. The van der Waals surface area contributed by atoms with Gasteiger partial charge in [-0.2, -0.15) is 0 Å². The van der Waals surface area contributed by atoms with Gasteiger partial charge in [-0.3, -0.25) is 0 Å². The second-order valence-electron chi connectivity index (χ2n) is 8.02. The van der Waals surface area contributed by atoms with Crippen LogP contribution in [0.1, 0.15) is 37.0 Å². The number of aliphatic hydroxyl groups is 1. The summed E-state index contributed by atoms with van der Waals surface area (Å²) in [6.45, 7) is 11.0. The summed E-state index contributed by atoms with van der Waals surface area (Å²) in [6.07, 6.45) is 0.951. The van der Waals surface area contributed by atoms with Crippen LogP contribution in [0.4, 0.5) is 0 Å². The van der Waals surface area contributed by atoms with E-state index in [4.69, 9.17) is 9.47 Å². The van der Waals surface area contributed by atoms with Crippen LogP contribution >= 0.6 is 0 Å². The average Bonchev–Trinajstić information content (AvgIpc) is 3.10. The Morgan fingerprint density at radius 1 is 1.21 bits per heavy atom. The van der Waals surface area contributed by atoms with E-state index >= 15 is 0 Å². The molecule has 1 saturated heterocycles. The second kappa shape index (κ2) is 9.72. The maximum Gasteiger partial charge on any atom is 0.337 e. The lowest BCUT2D eigenvalue weighted by Gasteiger charge is -2.35. The fourth-order valence-corrected chi connectivity index (χ4v) is 4.61. The summed E-state index contributed by atoms with van der Waals surface area (Å²) < 4.78 is 10.9. The van der Waals surface area contributed by atoms with Gasteiger partial charge in [0, 0.05) is 26.2 Å². The lowest BCUT2D eigenvalue weighted by molar-refractivity contribution is -0.0231. The molecule has 156 valence electrons. The minimum Gasteiger partial charge on any atom is -0.488 e. The molecular formula is C22H34N2O4. The average molecular weight is 391 g/mol. The summed E-state index contributed by atoms with van der Waals surface area (Å²) in [6, 6.07) is 7.01. The van der Waals surface area contributed by atoms with Gasteiger partial charge >= 0.3 is 5.97 Å². The van der Waals surface area contributed by atoms with Crippen LogP contribution in [-0.4, -0.2) is 79.5 Å². The number of likely N-dealkylation sites (tertiary alicyclic amines) is 1. The van der Waals surface area contributed by atoms with Gasteiger partial charge in [0.1, 0.15) is 11.9 Å². The van der Waals surface area contributed by atoms with E-state index < -0.39 is 6.10 Å². The van der Waals surface area contributed by atoms with E-state index in [1.807, 2.05) is 6.07 Å². The highest BCUT2D eigenvalue weighted by Crippen LogP contribution is 2.38. The Hall–Kier alpha value is -1.63. The van der Waals surface area contributed by atoms with Crippen LogP contribution in [0.2, 0.25) is 0 Å². The SMILES string of the molecule is CCN(CC)CCN1C[C@H]2C[C@@H](Oc3cccc(C(=O)OC)c3)[C@H](O)C[C@H]2C1. The van der Waals surface area contributed by atoms with Crippen molar-refractivity contribution in [3.63, 3.8) is 0 Å². The van der Waals surface area contributed by atoms with E-state index in [1.165, 1.54) is 7.11 Å². The molecule has 1 aromatic carbocycles. The number of aliphatic hydroxyl groups excluding tert-OH is 1. The van der Waals surface area contributed by atoms with Gasteiger partial charge in [-0.25, -0.2) is 4.79 Å². The smallest absolute Gasteiger partial charge is 0.337 e. The van der Waals surface area contributed by atoms with Gasteiger partial charge in [0.25, 0.3) is 0 Å². The molecule has 1 aliphatic carbocycles. The summed E-state index contributed by atoms with van der Waals surface area (Å²) in [5.74, 6) is 1.35. The van der Waals surface area contributed by atoms with Crippen molar-refractivity contribution in [1.29, 1.82) is 0 Å². The molecule has 0 spiro atoms. The second-order valence-corrected chi connectivity index (χ2v) is 8.02. The predicted octanol–water partition coefficient (Wildman–Crippen LogP) is 2.27. The number of carbonyl (C=O) groups excluding carboxylic acids is 1. The molecule has 3 rings (SSSR count). The van der Waals surface area contributed by atoms with Gasteiger partial charge in [0.05, 0.1) is 18.8 Å². The van der Waals surface area contributed by atoms with E-state index in [-0.39, 0.29) is 12.1 Å². The van der Waals surface area contributed by atoms with E-state index in [2.05, 4.69) is 23.6 Å². The first-order valence-corrected chi connectivity index (χ1v) is 10.5. The zero-order chi connectivity index (χ0) is 20.1. The number of esters is 1. The zero-order valence-corrected chi connectivity index (χ0v) is 17.3. The molecule has 6 heteroatoms. The molecule has 1 N–H and O–H groups in total. The Morgan fingerprint density at radius 3 is 2.61 bits per heavy atom. The van der Waals surface area contributed by atoms with Crippen molar-refractivity contribution >= 4 is 5.97 Å². The quantitative estimate of drug-likeness (QED) is 0.687. The van der Waals surface area contributed by atoms with Crippen molar-refractivity contribution in [2.75, 3.05) is 46.4 Å². The molecule has 1 heterocycles. The Balaban J connectivity index is 1.56. The van der Waals surface area contributed by atoms with Crippen LogP contribution < -0.4 is 4.74 Å². The minimum absolute atomic E-state index is 0.225. The standard InChI is InChI=1S/C22H34N2O4/c1-4-23(5-2)9-10-24-14-17-12-20(25)21(13-18(17)15-24)28-19-8-6-7-16(11-19)22(26)27-3/h6-8,11,17-18,20-21,25H,4-5,9-10,12-15H2,1-3H3/t17-,18+,20+,21+/m0/s1. The number of rotatable bonds is 8. The van der Waals surface area contributed by atoms with Gasteiger partial charge in [0.2, 0.25) is 0 Å². The van der Waals surface area contributed by atoms with Crippen LogP contribution in [0.15, 0.2) is 24.3 Å². The van der Waals surface area contributed by atoms with Gasteiger partial charge in [-0.05, 0) is 56.0 Å². The largest absolute Gasteiger partial charge is 0.488 e. The highest BCUT2D eigenvalue weighted by atomic mass is 16.5. The van der Waals surface area contributed by atoms with Gasteiger partial charge in [-0.1, -0.05) is 19.9 Å². The summed E-state index contributed by atoms with van der Waals surface area (Å²) in [5.41, 5.74) is 0.464. The van der Waals surface area contributed by atoms with E-state index in [9.17, 15) is 9.90 Å². The lowest BCUT2D eigenvalue weighted by Crippen LogP contribution is -2.42. The van der Waals surface area contributed by atoms with Crippen LogP contribution in [0.25, 0.3) is 0 Å². The summed E-state index contributed by atoms with van der Waals surface area (Å²) >= 11 is 0. The summed E-state index contributed by atoms with van der Waals surface area (Å²) in [5, 5.41) is 10.6. The first-order chi connectivity index (χ1) is 13.5. The monoisotopic (exact) mass is 390 g/mol. The number of benzene rings is 1. The Labute approximate surface area is 168 Å². The molecule has 0 radical (unpaired) electrons. The fourth-order valence-electron chi connectivity index (χ4n) is 4.61. The summed E-state index contributed by atoms with van der Waals surface area (Å²) in [7, 11) is 1.37. The van der Waals surface area contributed by atoms with Crippen molar-refractivity contribution in [3.8, 4) is 5.75 Å². The summed E-state index contributed by atoms with van der Waals surface area (Å²) in [4.78, 5) is 16.7. The number of carbonyl (C=O) groups is 1. The van der Waals surface area contributed by atoms with Crippen molar-refractivity contribution in [3.05, 3.63) is 29.8 Å². The molecule has 1 aliphatic heterocycles. The fraction of sp³-hybridized carbons (Fsp3) is 0.682. The zero-order valence-electron chi connectivity index (χ0n) is 17.3. The first-order valence-electron chi connectivity index (χ1n) is 10.5. The number of nitrogens with zero attached hydrogens (tertiary/aromatic N) is 2. The highest BCUT2D eigenvalue weighted by Gasteiger charge is 2.42. The molecule has 2 fully saturated rings. The molecule has 0 aromatic heterocycles. The van der Waals surface area contributed by atoms with Crippen molar-refractivity contribution in [1.82, 2.24) is 9.80 Å². The lowest BCUT2D eigenvalue weighted by atomic mass is 9.78. The van der Waals surface area contributed by atoms with E-state index in [1.54, 1.807) is 18.2 Å². The van der Waals surface area contributed by atoms with Gasteiger partial charge in [-0.15, -0.1) is 0 Å². The number of fused-ring (bicyclic) bond motifs is 1. The number of hydrogen-bond donors (Lipinski definition) is 1. The predicted molar refractivity (Wildman–Crippen MR) is 109 cm³/mol. The van der Waals surface area contributed by atoms with Gasteiger partial charge in [0.15, 0.2) is 0 Å². The number of likely N-dealkylation sites (N-methyl/N-ethyl adjacent to an activating group) is 1. The molecule has 2 aliphatic rings. The number of hydrogen-bond acceptors (Lipinski definition) is 6. The first kappa shape index (κ1) is 21.1. The molecular weight excluding hydrogens is 356 g/mol. The topological polar surface area (TPSA) is 62.2 Å². The Kier molecular flexibility index (Phi) is 7.32. The number of ether oxygens (including phenoxy) is 2. The molecule has 1 aromatic rings. The Bertz CT molecular complexity index is 649. The van der Waals surface area contributed by atoms with E-state index in [0.717, 1.165) is 52.1 Å². The normalized spacial score (nSPS) is 27.6. The molecule has 6 nitrogen and oxygen atoms in total. The Morgan fingerprint density at radius 2 is 1.93 bits per heavy atom. The highest BCUT2D eigenvalue weighted by molar-refractivity contribution is 5.89. The third-order valence-corrected chi connectivity index (χ3v) is 6.33. The maximum atomic E-state index is 11.7. The van der Waals surface area contributed by atoms with Crippen molar-refractivity contribution in [2.24, 2.45) is 11.8 Å². The van der Waals surface area contributed by atoms with Crippen LogP contribution in [-0.2, 0) is 4.74 Å². The molecule has 0 bridgehead atoms. The van der Waals surface area contributed by atoms with E-state index in [0.29, 0.717) is 23.1 Å². The van der Waals surface area contributed by atoms with Crippen LogP contribution in [0.5, 0.6) is 5.75 Å².